The second-order valence-electron chi connectivity index (χ2n) is 1.93. The highest BCUT2D eigenvalue weighted by molar-refractivity contribution is 5.87. The van der Waals surface area contributed by atoms with Crippen molar-refractivity contribution in [3.8, 4) is 0 Å². The lowest BCUT2D eigenvalue weighted by Gasteiger charge is -1.89. The second-order valence-corrected chi connectivity index (χ2v) is 1.93. The first-order chi connectivity index (χ1) is 4.74. The van der Waals surface area contributed by atoms with E-state index in [9.17, 15) is 4.79 Å². The number of rotatable bonds is 1. The van der Waals surface area contributed by atoms with Crippen LogP contribution in [0.1, 0.15) is 16.2 Å². The standard InChI is InChI=1S/C6H8N2O2/c1-4-3-5(8-7-4)6(9)10-2/h3H,1-2H3,(H,7,8). The monoisotopic (exact) mass is 140 g/mol. The Morgan fingerprint density at radius 3 is 2.90 bits per heavy atom. The normalized spacial score (nSPS) is 9.40. The van der Waals surface area contributed by atoms with E-state index in [0.717, 1.165) is 5.69 Å². The third-order valence-electron chi connectivity index (χ3n) is 1.10. The molecule has 0 spiro atoms. The van der Waals surface area contributed by atoms with E-state index in [1.807, 2.05) is 6.92 Å². The van der Waals surface area contributed by atoms with Gasteiger partial charge in [0, 0.05) is 5.69 Å². The highest BCUT2D eigenvalue weighted by Gasteiger charge is 2.07. The first-order valence-electron chi connectivity index (χ1n) is 2.84. The zero-order valence-corrected chi connectivity index (χ0v) is 5.84. The summed E-state index contributed by atoms with van der Waals surface area (Å²) in [7, 11) is 1.33. The Balaban J connectivity index is 2.85. The van der Waals surface area contributed by atoms with Gasteiger partial charge in [-0.3, -0.25) is 5.10 Å². The summed E-state index contributed by atoms with van der Waals surface area (Å²) in [6, 6.07) is 1.63. The van der Waals surface area contributed by atoms with Gasteiger partial charge in [0.05, 0.1) is 7.11 Å². The third kappa shape index (κ3) is 1.15. The first-order valence-corrected chi connectivity index (χ1v) is 2.84. The van der Waals surface area contributed by atoms with Crippen LogP contribution in [0.4, 0.5) is 0 Å². The molecule has 0 bridgehead atoms. The number of ether oxygens (including phenoxy) is 1. The lowest BCUT2D eigenvalue weighted by molar-refractivity contribution is 0.0594. The molecule has 0 unspecified atom stereocenters. The number of methoxy groups -OCH3 is 1. The van der Waals surface area contributed by atoms with E-state index in [1.165, 1.54) is 7.11 Å². The van der Waals surface area contributed by atoms with Crippen molar-refractivity contribution >= 4 is 5.97 Å². The minimum absolute atomic E-state index is 0.319. The number of carbonyl (C=O) groups excluding carboxylic acids is 1. The Morgan fingerprint density at radius 1 is 1.80 bits per heavy atom. The van der Waals surface area contributed by atoms with E-state index in [0.29, 0.717) is 5.69 Å². The average molecular weight is 140 g/mol. The van der Waals surface area contributed by atoms with Gasteiger partial charge in [0.15, 0.2) is 5.69 Å². The Hall–Kier alpha value is -1.32. The highest BCUT2D eigenvalue weighted by atomic mass is 16.5. The quantitative estimate of drug-likeness (QED) is 0.578. The number of esters is 1. The molecule has 0 aromatic carbocycles. The summed E-state index contributed by atoms with van der Waals surface area (Å²) < 4.78 is 4.43. The molecule has 10 heavy (non-hydrogen) atoms. The molecule has 0 saturated heterocycles. The van der Waals surface area contributed by atoms with Crippen LogP contribution in [-0.2, 0) is 4.74 Å². The Morgan fingerprint density at radius 2 is 2.50 bits per heavy atom. The van der Waals surface area contributed by atoms with Gasteiger partial charge in [0.1, 0.15) is 0 Å². The molecule has 1 aromatic heterocycles. The number of H-pyrrole nitrogens is 1. The van der Waals surface area contributed by atoms with Crippen LogP contribution in [0.15, 0.2) is 6.07 Å². The molecule has 0 fully saturated rings. The number of aryl methyl sites for hydroxylation is 1. The summed E-state index contributed by atoms with van der Waals surface area (Å²) in [4.78, 5) is 10.7. The van der Waals surface area contributed by atoms with Crippen molar-refractivity contribution < 1.29 is 9.53 Å². The molecule has 1 heterocycles. The zero-order chi connectivity index (χ0) is 7.56. The van der Waals surface area contributed by atoms with Gasteiger partial charge in [-0.1, -0.05) is 0 Å². The van der Waals surface area contributed by atoms with Crippen molar-refractivity contribution in [2.24, 2.45) is 0 Å². The fraction of sp³-hybridized carbons (Fsp3) is 0.333. The lowest BCUT2D eigenvalue weighted by Crippen LogP contribution is -2.00. The third-order valence-corrected chi connectivity index (χ3v) is 1.10. The van der Waals surface area contributed by atoms with Crippen molar-refractivity contribution in [1.29, 1.82) is 0 Å². The van der Waals surface area contributed by atoms with Crippen LogP contribution in [0.5, 0.6) is 0 Å². The van der Waals surface area contributed by atoms with Crippen molar-refractivity contribution in [2.75, 3.05) is 7.11 Å². The molecule has 0 radical (unpaired) electrons. The molecule has 1 aromatic rings. The average Bonchev–Trinajstić information content (AvgIpc) is 2.34. The van der Waals surface area contributed by atoms with Crippen LogP contribution in [0.2, 0.25) is 0 Å². The van der Waals surface area contributed by atoms with Gasteiger partial charge < -0.3 is 4.74 Å². The van der Waals surface area contributed by atoms with Gasteiger partial charge in [-0.25, -0.2) is 4.79 Å². The molecular weight excluding hydrogens is 132 g/mol. The Bertz CT molecular complexity index is 242. The fourth-order valence-electron chi connectivity index (χ4n) is 0.627. The number of aromatic nitrogens is 2. The summed E-state index contributed by atoms with van der Waals surface area (Å²) in [6.07, 6.45) is 0. The van der Waals surface area contributed by atoms with Gasteiger partial charge in [-0.15, -0.1) is 0 Å². The van der Waals surface area contributed by atoms with Crippen molar-refractivity contribution in [2.45, 2.75) is 6.92 Å². The van der Waals surface area contributed by atoms with Gasteiger partial charge in [-0.05, 0) is 13.0 Å². The van der Waals surface area contributed by atoms with Gasteiger partial charge in [-0.2, -0.15) is 5.10 Å². The van der Waals surface area contributed by atoms with Crippen LogP contribution >= 0.6 is 0 Å². The topological polar surface area (TPSA) is 55.0 Å². The number of aromatic amines is 1. The maximum absolute atomic E-state index is 10.7. The minimum atomic E-state index is -0.413. The number of nitrogens with zero attached hydrogens (tertiary/aromatic N) is 1. The molecule has 0 aliphatic carbocycles. The lowest BCUT2D eigenvalue weighted by atomic mass is 10.4. The largest absolute Gasteiger partial charge is 0.464 e. The molecule has 0 amide bonds. The van der Waals surface area contributed by atoms with E-state index < -0.39 is 5.97 Å². The van der Waals surface area contributed by atoms with Gasteiger partial charge in [0.25, 0.3) is 0 Å². The first kappa shape index (κ1) is 6.80. The van der Waals surface area contributed by atoms with Crippen molar-refractivity contribution in [3.05, 3.63) is 17.5 Å². The maximum atomic E-state index is 10.7. The number of hydrogen-bond acceptors (Lipinski definition) is 3. The Labute approximate surface area is 58.2 Å². The molecule has 1 N–H and O–H groups in total. The molecule has 4 nitrogen and oxygen atoms in total. The molecule has 0 saturated carbocycles. The number of hydrogen-bond donors (Lipinski definition) is 1. The van der Waals surface area contributed by atoms with Crippen molar-refractivity contribution in [3.63, 3.8) is 0 Å². The summed E-state index contributed by atoms with van der Waals surface area (Å²) in [5, 5.41) is 6.32. The molecule has 4 heteroatoms. The highest BCUT2D eigenvalue weighted by Crippen LogP contribution is 1.98. The molecule has 0 aliphatic heterocycles. The summed E-state index contributed by atoms with van der Waals surface area (Å²) in [5.74, 6) is -0.413. The Kier molecular flexibility index (Phi) is 1.71. The number of nitrogens with one attached hydrogen (secondary N) is 1. The summed E-state index contributed by atoms with van der Waals surface area (Å²) in [5.41, 5.74) is 1.17. The van der Waals surface area contributed by atoms with E-state index in [1.54, 1.807) is 6.07 Å². The number of carbonyl (C=O) groups is 1. The van der Waals surface area contributed by atoms with E-state index in [4.69, 9.17) is 0 Å². The van der Waals surface area contributed by atoms with Crippen LogP contribution in [0.3, 0.4) is 0 Å². The molecule has 0 aliphatic rings. The van der Waals surface area contributed by atoms with E-state index in [-0.39, 0.29) is 0 Å². The van der Waals surface area contributed by atoms with Crippen molar-refractivity contribution in [1.82, 2.24) is 10.2 Å². The summed E-state index contributed by atoms with van der Waals surface area (Å²) in [6.45, 7) is 1.82. The van der Waals surface area contributed by atoms with E-state index in [2.05, 4.69) is 14.9 Å². The minimum Gasteiger partial charge on any atom is -0.464 e. The summed E-state index contributed by atoms with van der Waals surface area (Å²) >= 11 is 0. The molecule has 1 rings (SSSR count). The predicted molar refractivity (Wildman–Crippen MR) is 34.7 cm³/mol. The van der Waals surface area contributed by atoms with Crippen LogP contribution in [-0.4, -0.2) is 23.3 Å². The molecule has 0 atom stereocenters. The van der Waals surface area contributed by atoms with Crippen LogP contribution in [0.25, 0.3) is 0 Å². The van der Waals surface area contributed by atoms with Crippen LogP contribution < -0.4 is 0 Å². The van der Waals surface area contributed by atoms with Gasteiger partial charge >= 0.3 is 5.97 Å². The van der Waals surface area contributed by atoms with Crippen LogP contribution in [0, 0.1) is 6.92 Å². The zero-order valence-electron chi connectivity index (χ0n) is 5.84. The molecule has 54 valence electrons. The maximum Gasteiger partial charge on any atom is 0.358 e. The predicted octanol–water partition coefficient (Wildman–Crippen LogP) is 0.505. The van der Waals surface area contributed by atoms with Gasteiger partial charge in [0.2, 0.25) is 0 Å². The van der Waals surface area contributed by atoms with E-state index >= 15 is 0 Å². The molecular formula is C6H8N2O2. The SMILES string of the molecule is COC(=O)c1cc(C)[nH]n1. The fourth-order valence-corrected chi connectivity index (χ4v) is 0.627. The smallest absolute Gasteiger partial charge is 0.358 e. The second kappa shape index (κ2) is 2.51.